The van der Waals surface area contributed by atoms with Gasteiger partial charge >= 0.3 is 0 Å². The topological polar surface area (TPSA) is 89.8 Å². The number of hydrogen-bond donors (Lipinski definition) is 4. The lowest BCUT2D eigenvalue weighted by molar-refractivity contribution is 0.0695. The third kappa shape index (κ3) is 3.04. The minimum atomic E-state index is -0.612. The van der Waals surface area contributed by atoms with Crippen molar-refractivity contribution in [2.45, 2.75) is 38.1 Å². The van der Waals surface area contributed by atoms with Crippen LogP contribution in [0.4, 0.5) is 0 Å². The molecule has 110 valence electrons. The smallest absolute Gasteiger partial charge is 0.255 e. The molecule has 5 heteroatoms. The van der Waals surface area contributed by atoms with Gasteiger partial charge < -0.3 is 20.6 Å². The molecule has 2 rings (SSSR count). The van der Waals surface area contributed by atoms with E-state index in [0.717, 1.165) is 31.7 Å². The first-order chi connectivity index (χ1) is 9.46. The van der Waals surface area contributed by atoms with Crippen LogP contribution in [-0.4, -0.2) is 33.4 Å². The average molecular weight is 279 g/mol. The molecule has 0 spiro atoms. The number of hydrogen-bond acceptors (Lipinski definition) is 4. The van der Waals surface area contributed by atoms with Crippen molar-refractivity contribution in [3.8, 4) is 11.5 Å². The van der Waals surface area contributed by atoms with Crippen molar-refractivity contribution >= 4 is 5.91 Å². The van der Waals surface area contributed by atoms with Crippen LogP contribution >= 0.6 is 0 Å². The lowest BCUT2D eigenvalue weighted by Gasteiger charge is -2.39. The number of phenols is 2. The molecule has 5 nitrogen and oxygen atoms in total. The van der Waals surface area contributed by atoms with Crippen LogP contribution in [0.2, 0.25) is 0 Å². The minimum Gasteiger partial charge on any atom is -0.508 e. The van der Waals surface area contributed by atoms with Crippen molar-refractivity contribution < 1.29 is 20.1 Å². The zero-order chi connectivity index (χ0) is 14.8. The van der Waals surface area contributed by atoms with E-state index in [4.69, 9.17) is 0 Å². The molecule has 2 atom stereocenters. The summed E-state index contributed by atoms with van der Waals surface area (Å²) >= 11 is 0. The lowest BCUT2D eigenvalue weighted by atomic mass is 9.76. The van der Waals surface area contributed by atoms with Gasteiger partial charge in [0.05, 0.1) is 17.7 Å². The SMILES string of the molecule is CC1CCCC(CO)(NC(=O)c2ccc(O)cc2O)C1. The summed E-state index contributed by atoms with van der Waals surface area (Å²) in [5, 5.41) is 31.5. The molecule has 0 radical (unpaired) electrons. The van der Waals surface area contributed by atoms with Crippen molar-refractivity contribution in [1.29, 1.82) is 0 Å². The second-order valence-corrected chi connectivity index (χ2v) is 5.80. The second-order valence-electron chi connectivity index (χ2n) is 5.80. The molecule has 0 saturated heterocycles. The molecule has 1 aromatic rings. The van der Waals surface area contributed by atoms with Gasteiger partial charge in [0, 0.05) is 6.07 Å². The van der Waals surface area contributed by atoms with Gasteiger partial charge in [-0.3, -0.25) is 4.79 Å². The molecule has 1 aliphatic rings. The predicted molar refractivity (Wildman–Crippen MR) is 74.7 cm³/mol. The number of aliphatic hydroxyl groups is 1. The summed E-state index contributed by atoms with van der Waals surface area (Å²) in [6, 6.07) is 3.85. The largest absolute Gasteiger partial charge is 0.508 e. The number of amides is 1. The van der Waals surface area contributed by atoms with Gasteiger partial charge in [-0.25, -0.2) is 0 Å². The van der Waals surface area contributed by atoms with Crippen LogP contribution in [0.25, 0.3) is 0 Å². The Balaban J connectivity index is 2.16. The van der Waals surface area contributed by atoms with Gasteiger partial charge in [0.2, 0.25) is 0 Å². The van der Waals surface area contributed by atoms with E-state index < -0.39 is 11.4 Å². The highest BCUT2D eigenvalue weighted by Crippen LogP contribution is 2.33. The Kier molecular flexibility index (Phi) is 4.18. The van der Waals surface area contributed by atoms with Gasteiger partial charge in [-0.15, -0.1) is 0 Å². The first-order valence-corrected chi connectivity index (χ1v) is 6.91. The van der Waals surface area contributed by atoms with Crippen LogP contribution in [-0.2, 0) is 0 Å². The van der Waals surface area contributed by atoms with Crippen molar-refractivity contribution in [3.63, 3.8) is 0 Å². The third-order valence-corrected chi connectivity index (χ3v) is 4.00. The Hall–Kier alpha value is -1.75. The molecule has 0 aliphatic heterocycles. The fourth-order valence-electron chi connectivity index (χ4n) is 2.98. The molecule has 1 aromatic carbocycles. The van der Waals surface area contributed by atoms with Crippen molar-refractivity contribution in [2.75, 3.05) is 6.61 Å². The maximum atomic E-state index is 12.3. The molecule has 2 unspecified atom stereocenters. The number of aliphatic hydroxyl groups excluding tert-OH is 1. The second kappa shape index (κ2) is 5.71. The standard InChI is InChI=1S/C15H21NO4/c1-10-3-2-6-15(8-10,9-17)16-14(20)12-5-4-11(18)7-13(12)19/h4-5,7,10,17-19H,2-3,6,8-9H2,1H3,(H,16,20). The maximum Gasteiger partial charge on any atom is 0.255 e. The number of carbonyl (C=O) groups is 1. The molecule has 20 heavy (non-hydrogen) atoms. The van der Waals surface area contributed by atoms with Crippen molar-refractivity contribution in [1.82, 2.24) is 5.32 Å². The number of phenolic OH excluding ortho intramolecular Hbond substituents is 2. The predicted octanol–water partition coefficient (Wildman–Crippen LogP) is 1.77. The summed E-state index contributed by atoms with van der Waals surface area (Å²) in [6.45, 7) is 2.00. The van der Waals surface area contributed by atoms with E-state index in [1.807, 2.05) is 0 Å². The normalized spacial score (nSPS) is 26.2. The molecule has 1 fully saturated rings. The molecule has 0 aromatic heterocycles. The number of carbonyl (C=O) groups excluding carboxylic acids is 1. The maximum absolute atomic E-state index is 12.3. The number of benzene rings is 1. The Bertz CT molecular complexity index is 503. The first kappa shape index (κ1) is 14.7. The molecule has 1 aliphatic carbocycles. The number of rotatable bonds is 3. The van der Waals surface area contributed by atoms with Crippen molar-refractivity contribution in [3.05, 3.63) is 23.8 Å². The minimum absolute atomic E-state index is 0.0952. The van der Waals surface area contributed by atoms with E-state index in [-0.39, 0.29) is 23.7 Å². The van der Waals surface area contributed by atoms with Gasteiger partial charge in [0.25, 0.3) is 5.91 Å². The fraction of sp³-hybridized carbons (Fsp3) is 0.533. The molecule has 0 heterocycles. The average Bonchev–Trinajstić information content (AvgIpc) is 2.38. The third-order valence-electron chi connectivity index (χ3n) is 4.00. The van der Waals surface area contributed by atoms with Gasteiger partial charge in [-0.1, -0.05) is 19.8 Å². The highest BCUT2D eigenvalue weighted by molar-refractivity contribution is 5.97. The molecule has 4 N–H and O–H groups in total. The number of nitrogens with one attached hydrogen (secondary N) is 1. The molecule has 1 saturated carbocycles. The van der Waals surface area contributed by atoms with E-state index in [1.165, 1.54) is 12.1 Å². The van der Waals surface area contributed by atoms with E-state index >= 15 is 0 Å². The lowest BCUT2D eigenvalue weighted by Crippen LogP contribution is -2.53. The van der Waals surface area contributed by atoms with E-state index in [1.54, 1.807) is 0 Å². The quantitative estimate of drug-likeness (QED) is 0.679. The van der Waals surface area contributed by atoms with E-state index in [9.17, 15) is 20.1 Å². The zero-order valence-electron chi connectivity index (χ0n) is 11.6. The van der Waals surface area contributed by atoms with Crippen molar-refractivity contribution in [2.24, 2.45) is 5.92 Å². The fourth-order valence-corrected chi connectivity index (χ4v) is 2.98. The molecule has 1 amide bonds. The summed E-state index contributed by atoms with van der Waals surface area (Å²) in [5.74, 6) is -0.336. The summed E-state index contributed by atoms with van der Waals surface area (Å²) in [4.78, 5) is 12.3. The van der Waals surface area contributed by atoms with Crippen LogP contribution in [0, 0.1) is 5.92 Å². The Morgan fingerprint density at radius 1 is 1.45 bits per heavy atom. The Morgan fingerprint density at radius 3 is 2.80 bits per heavy atom. The van der Waals surface area contributed by atoms with Gasteiger partial charge in [-0.05, 0) is 30.9 Å². The Morgan fingerprint density at radius 2 is 2.20 bits per heavy atom. The molecular formula is C15H21NO4. The summed E-state index contributed by atoms with van der Waals surface area (Å²) in [6.07, 6.45) is 3.53. The van der Waals surface area contributed by atoms with Gasteiger partial charge in [0.15, 0.2) is 0 Å². The van der Waals surface area contributed by atoms with Crippen LogP contribution in [0.1, 0.15) is 43.0 Å². The van der Waals surface area contributed by atoms with E-state index in [0.29, 0.717) is 5.92 Å². The van der Waals surface area contributed by atoms with Crippen LogP contribution < -0.4 is 5.32 Å². The highest BCUT2D eigenvalue weighted by Gasteiger charge is 2.36. The highest BCUT2D eigenvalue weighted by atomic mass is 16.3. The van der Waals surface area contributed by atoms with Crippen LogP contribution in [0.15, 0.2) is 18.2 Å². The van der Waals surface area contributed by atoms with Crippen LogP contribution in [0.3, 0.4) is 0 Å². The summed E-state index contributed by atoms with van der Waals surface area (Å²) < 4.78 is 0. The van der Waals surface area contributed by atoms with Gasteiger partial charge in [0.1, 0.15) is 11.5 Å². The molecular weight excluding hydrogens is 258 g/mol. The van der Waals surface area contributed by atoms with Crippen LogP contribution in [0.5, 0.6) is 11.5 Å². The molecule has 0 bridgehead atoms. The summed E-state index contributed by atoms with van der Waals surface area (Å²) in [5.41, 5.74) is -0.507. The van der Waals surface area contributed by atoms with Gasteiger partial charge in [-0.2, -0.15) is 0 Å². The monoisotopic (exact) mass is 279 g/mol. The van der Waals surface area contributed by atoms with E-state index in [2.05, 4.69) is 12.2 Å². The Labute approximate surface area is 118 Å². The summed E-state index contributed by atoms with van der Waals surface area (Å²) in [7, 11) is 0. The number of aromatic hydroxyl groups is 2. The zero-order valence-corrected chi connectivity index (χ0v) is 11.6. The first-order valence-electron chi connectivity index (χ1n) is 6.91.